The van der Waals surface area contributed by atoms with Gasteiger partial charge in [0.15, 0.2) is 0 Å². The number of anilines is 1. The lowest BCUT2D eigenvalue weighted by Crippen LogP contribution is -2.14. The molecule has 0 unspecified atom stereocenters. The van der Waals surface area contributed by atoms with Gasteiger partial charge in [0.05, 0.1) is 5.75 Å². The number of hydrogen-bond acceptors (Lipinski definition) is 3. The van der Waals surface area contributed by atoms with Gasteiger partial charge in [0, 0.05) is 23.0 Å². The third-order valence-corrected chi connectivity index (χ3v) is 3.77. The number of benzene rings is 1. The summed E-state index contributed by atoms with van der Waals surface area (Å²) in [5.41, 5.74) is 2.08. The van der Waals surface area contributed by atoms with Crippen molar-refractivity contribution in [2.24, 2.45) is 0 Å². The highest BCUT2D eigenvalue weighted by Crippen LogP contribution is 2.20. The van der Waals surface area contributed by atoms with Gasteiger partial charge in [-0.15, -0.1) is 0 Å². The van der Waals surface area contributed by atoms with Gasteiger partial charge in [-0.25, -0.2) is 8.42 Å². The lowest BCUT2D eigenvalue weighted by atomic mass is 10.2. The van der Waals surface area contributed by atoms with Crippen LogP contribution in [0.5, 0.6) is 0 Å². The number of aryl methyl sites for hydroxylation is 1. The standard InChI is InChI=1S/C10H14BrNO2S/c1-8-3-4-9(7-10(8)11)12-5-6-15(2,13)14/h3-4,7,12H,5-6H2,1-2H3. The first-order valence-electron chi connectivity index (χ1n) is 4.56. The van der Waals surface area contributed by atoms with E-state index < -0.39 is 9.84 Å². The zero-order valence-corrected chi connectivity index (χ0v) is 11.2. The lowest BCUT2D eigenvalue weighted by Gasteiger charge is -2.07. The molecule has 0 fully saturated rings. The van der Waals surface area contributed by atoms with Gasteiger partial charge < -0.3 is 5.32 Å². The zero-order chi connectivity index (χ0) is 11.5. The highest BCUT2D eigenvalue weighted by atomic mass is 79.9. The Bertz CT molecular complexity index is 443. The van der Waals surface area contributed by atoms with E-state index in [1.54, 1.807) is 0 Å². The van der Waals surface area contributed by atoms with Crippen LogP contribution in [0.1, 0.15) is 5.56 Å². The number of sulfone groups is 1. The molecule has 15 heavy (non-hydrogen) atoms. The first kappa shape index (κ1) is 12.5. The summed E-state index contributed by atoms with van der Waals surface area (Å²) in [6.45, 7) is 2.44. The fraction of sp³-hybridized carbons (Fsp3) is 0.400. The van der Waals surface area contributed by atoms with Crippen molar-refractivity contribution in [3.05, 3.63) is 28.2 Å². The summed E-state index contributed by atoms with van der Waals surface area (Å²) in [6.07, 6.45) is 1.24. The Morgan fingerprint density at radius 1 is 1.40 bits per heavy atom. The topological polar surface area (TPSA) is 46.2 Å². The zero-order valence-electron chi connectivity index (χ0n) is 8.75. The predicted molar refractivity (Wildman–Crippen MR) is 67.1 cm³/mol. The van der Waals surface area contributed by atoms with Crippen molar-refractivity contribution >= 4 is 31.5 Å². The second-order valence-corrected chi connectivity index (χ2v) is 6.63. The molecular formula is C10H14BrNO2S. The molecule has 0 spiro atoms. The van der Waals surface area contributed by atoms with Gasteiger partial charge in [0.2, 0.25) is 0 Å². The van der Waals surface area contributed by atoms with Gasteiger partial charge >= 0.3 is 0 Å². The molecule has 0 saturated heterocycles. The highest BCUT2D eigenvalue weighted by Gasteiger charge is 2.01. The van der Waals surface area contributed by atoms with Gasteiger partial charge in [-0.05, 0) is 24.6 Å². The predicted octanol–water partition coefficient (Wildman–Crippen LogP) is 2.21. The van der Waals surface area contributed by atoms with Gasteiger partial charge in [-0.3, -0.25) is 0 Å². The van der Waals surface area contributed by atoms with Crippen LogP contribution in [0.2, 0.25) is 0 Å². The van der Waals surface area contributed by atoms with Crippen LogP contribution in [-0.2, 0) is 9.84 Å². The molecule has 5 heteroatoms. The first-order valence-corrected chi connectivity index (χ1v) is 7.41. The van der Waals surface area contributed by atoms with Crippen LogP contribution in [-0.4, -0.2) is 27.0 Å². The molecule has 0 aliphatic heterocycles. The van der Waals surface area contributed by atoms with E-state index in [9.17, 15) is 8.42 Å². The number of hydrogen-bond donors (Lipinski definition) is 1. The Hall–Kier alpha value is -0.550. The van der Waals surface area contributed by atoms with E-state index >= 15 is 0 Å². The van der Waals surface area contributed by atoms with E-state index in [1.165, 1.54) is 6.26 Å². The Morgan fingerprint density at radius 2 is 2.07 bits per heavy atom. The average molecular weight is 292 g/mol. The van der Waals surface area contributed by atoms with Crippen LogP contribution in [0.3, 0.4) is 0 Å². The molecule has 0 atom stereocenters. The number of halogens is 1. The molecule has 0 heterocycles. The Balaban J connectivity index is 2.55. The average Bonchev–Trinajstić information content (AvgIpc) is 2.09. The third-order valence-electron chi connectivity index (χ3n) is 1.97. The maximum absolute atomic E-state index is 10.9. The highest BCUT2D eigenvalue weighted by molar-refractivity contribution is 9.10. The summed E-state index contributed by atoms with van der Waals surface area (Å²) in [4.78, 5) is 0. The van der Waals surface area contributed by atoms with Gasteiger partial charge in [0.25, 0.3) is 0 Å². The quantitative estimate of drug-likeness (QED) is 0.925. The summed E-state index contributed by atoms with van der Waals surface area (Å²) >= 11 is 3.42. The van der Waals surface area contributed by atoms with E-state index in [0.717, 1.165) is 15.7 Å². The molecule has 3 nitrogen and oxygen atoms in total. The smallest absolute Gasteiger partial charge is 0.149 e. The molecule has 1 N–H and O–H groups in total. The van der Waals surface area contributed by atoms with Crippen molar-refractivity contribution < 1.29 is 8.42 Å². The van der Waals surface area contributed by atoms with E-state index in [4.69, 9.17) is 0 Å². The minimum atomic E-state index is -2.89. The second-order valence-electron chi connectivity index (χ2n) is 3.52. The Morgan fingerprint density at radius 3 is 2.60 bits per heavy atom. The second kappa shape index (κ2) is 4.99. The molecule has 84 valence electrons. The Kier molecular flexibility index (Phi) is 4.16. The van der Waals surface area contributed by atoms with Crippen LogP contribution in [0.25, 0.3) is 0 Å². The Labute approximate surface area is 98.9 Å². The van der Waals surface area contributed by atoms with E-state index in [-0.39, 0.29) is 5.75 Å². The van der Waals surface area contributed by atoms with Crippen molar-refractivity contribution in [1.82, 2.24) is 0 Å². The molecule has 0 aliphatic rings. The SMILES string of the molecule is Cc1ccc(NCCS(C)(=O)=O)cc1Br. The molecule has 0 radical (unpaired) electrons. The first-order chi connectivity index (χ1) is 6.88. The maximum Gasteiger partial charge on any atom is 0.149 e. The minimum absolute atomic E-state index is 0.151. The van der Waals surface area contributed by atoms with Crippen LogP contribution in [0.15, 0.2) is 22.7 Å². The van der Waals surface area contributed by atoms with Crippen LogP contribution in [0.4, 0.5) is 5.69 Å². The third kappa shape index (κ3) is 4.66. The minimum Gasteiger partial charge on any atom is -0.384 e. The molecule has 0 aliphatic carbocycles. The van der Waals surface area contributed by atoms with Crippen molar-refractivity contribution in [1.29, 1.82) is 0 Å². The monoisotopic (exact) mass is 291 g/mol. The number of rotatable bonds is 4. The molecule has 1 aromatic rings. The summed E-state index contributed by atoms with van der Waals surface area (Å²) in [6, 6.07) is 5.85. The summed E-state index contributed by atoms with van der Waals surface area (Å²) < 4.78 is 22.8. The normalized spacial score (nSPS) is 11.4. The summed E-state index contributed by atoms with van der Waals surface area (Å²) in [5, 5.41) is 3.06. The van der Waals surface area contributed by atoms with Crippen molar-refractivity contribution in [2.45, 2.75) is 6.92 Å². The van der Waals surface area contributed by atoms with Crippen LogP contribution in [0, 0.1) is 6.92 Å². The summed E-state index contributed by atoms with van der Waals surface area (Å²) in [7, 11) is -2.89. The molecule has 0 saturated carbocycles. The van der Waals surface area contributed by atoms with E-state index in [1.807, 2.05) is 25.1 Å². The van der Waals surface area contributed by atoms with Crippen molar-refractivity contribution in [2.75, 3.05) is 23.9 Å². The van der Waals surface area contributed by atoms with Gasteiger partial charge in [-0.2, -0.15) is 0 Å². The van der Waals surface area contributed by atoms with Gasteiger partial charge in [0.1, 0.15) is 9.84 Å². The molecule has 1 aromatic carbocycles. The fourth-order valence-corrected chi connectivity index (χ4v) is 1.94. The molecule has 1 rings (SSSR count). The van der Waals surface area contributed by atoms with Crippen molar-refractivity contribution in [3.63, 3.8) is 0 Å². The van der Waals surface area contributed by atoms with Crippen LogP contribution >= 0.6 is 15.9 Å². The fourth-order valence-electron chi connectivity index (χ4n) is 1.08. The van der Waals surface area contributed by atoms with Crippen molar-refractivity contribution in [3.8, 4) is 0 Å². The molecular weight excluding hydrogens is 278 g/mol. The van der Waals surface area contributed by atoms with Crippen LogP contribution < -0.4 is 5.32 Å². The maximum atomic E-state index is 10.9. The lowest BCUT2D eigenvalue weighted by molar-refractivity contribution is 0.602. The summed E-state index contributed by atoms with van der Waals surface area (Å²) in [5.74, 6) is 0.151. The molecule has 0 bridgehead atoms. The van der Waals surface area contributed by atoms with E-state index in [2.05, 4.69) is 21.2 Å². The molecule has 0 aromatic heterocycles. The number of nitrogens with one attached hydrogen (secondary N) is 1. The van der Waals surface area contributed by atoms with E-state index in [0.29, 0.717) is 6.54 Å². The largest absolute Gasteiger partial charge is 0.384 e. The molecule has 0 amide bonds. The van der Waals surface area contributed by atoms with Gasteiger partial charge in [-0.1, -0.05) is 22.0 Å².